The van der Waals surface area contributed by atoms with E-state index in [4.69, 9.17) is 5.11 Å². The van der Waals surface area contributed by atoms with Crippen LogP contribution >= 0.6 is 0 Å². The van der Waals surface area contributed by atoms with Crippen molar-refractivity contribution in [1.29, 1.82) is 0 Å². The molecule has 0 bridgehead atoms. The highest BCUT2D eigenvalue weighted by atomic mass is 16.3. The Labute approximate surface area is 117 Å². The maximum Gasteiger partial charge on any atom is 0.257 e. The average molecular weight is 268 g/mol. The minimum Gasteiger partial charge on any atom is -0.396 e. The van der Waals surface area contributed by atoms with Crippen LogP contribution in [-0.2, 0) is 0 Å². The molecule has 4 nitrogen and oxygen atoms in total. The van der Waals surface area contributed by atoms with E-state index < -0.39 is 0 Å². The third-order valence-corrected chi connectivity index (χ3v) is 3.42. The molecular formula is C16H16N2O2. The minimum absolute atomic E-state index is 0.0976. The van der Waals surface area contributed by atoms with E-state index in [1.165, 1.54) is 0 Å². The Morgan fingerprint density at radius 2 is 1.70 bits per heavy atom. The standard InChI is InChI=1S/C16H16N2O2/c19-11-5-10-18-14-8-3-1-6-12(14)16(20)17-13-7-2-4-9-15(13)18/h1-4,6-9,19H,5,10-11H2,(H,17,20). The van der Waals surface area contributed by atoms with Crippen molar-refractivity contribution in [2.24, 2.45) is 0 Å². The van der Waals surface area contributed by atoms with Crippen molar-refractivity contribution in [2.75, 3.05) is 23.4 Å². The molecule has 0 aromatic heterocycles. The number of hydrogen-bond acceptors (Lipinski definition) is 3. The molecule has 20 heavy (non-hydrogen) atoms. The third kappa shape index (κ3) is 2.14. The second kappa shape index (κ2) is 5.35. The second-order valence-electron chi connectivity index (χ2n) is 4.72. The van der Waals surface area contributed by atoms with Crippen LogP contribution in [0.25, 0.3) is 0 Å². The van der Waals surface area contributed by atoms with Crippen LogP contribution in [0.5, 0.6) is 0 Å². The van der Waals surface area contributed by atoms with Crippen LogP contribution < -0.4 is 10.2 Å². The van der Waals surface area contributed by atoms with Gasteiger partial charge in [-0.1, -0.05) is 24.3 Å². The Kier molecular flexibility index (Phi) is 3.39. The molecule has 0 aliphatic carbocycles. The molecule has 2 aromatic rings. The molecule has 0 saturated heterocycles. The summed E-state index contributed by atoms with van der Waals surface area (Å²) in [4.78, 5) is 14.4. The van der Waals surface area contributed by atoms with E-state index in [2.05, 4.69) is 10.2 Å². The van der Waals surface area contributed by atoms with Crippen LogP contribution in [-0.4, -0.2) is 24.2 Å². The average Bonchev–Trinajstić information content (AvgIpc) is 2.60. The van der Waals surface area contributed by atoms with Gasteiger partial charge in [-0.3, -0.25) is 4.79 Å². The summed E-state index contributed by atoms with van der Waals surface area (Å²) in [5.74, 6) is -0.0976. The highest BCUT2D eigenvalue weighted by Gasteiger charge is 2.23. The fourth-order valence-electron chi connectivity index (χ4n) is 2.50. The lowest BCUT2D eigenvalue weighted by Gasteiger charge is -2.25. The van der Waals surface area contributed by atoms with Crippen molar-refractivity contribution in [3.63, 3.8) is 0 Å². The van der Waals surface area contributed by atoms with E-state index >= 15 is 0 Å². The Morgan fingerprint density at radius 1 is 1.00 bits per heavy atom. The molecule has 1 heterocycles. The number of nitrogens with one attached hydrogen (secondary N) is 1. The number of aliphatic hydroxyl groups excluding tert-OH is 1. The van der Waals surface area contributed by atoms with Crippen LogP contribution in [0.1, 0.15) is 16.8 Å². The maximum atomic E-state index is 12.3. The minimum atomic E-state index is -0.0976. The van der Waals surface area contributed by atoms with Gasteiger partial charge in [0.2, 0.25) is 0 Å². The number of carbonyl (C=O) groups is 1. The Balaban J connectivity index is 2.15. The second-order valence-corrected chi connectivity index (χ2v) is 4.72. The van der Waals surface area contributed by atoms with E-state index in [0.29, 0.717) is 18.5 Å². The SMILES string of the molecule is O=C1Nc2ccccc2N(CCCO)c2ccccc21. The number of rotatable bonds is 3. The molecule has 2 N–H and O–H groups in total. The molecule has 3 rings (SSSR count). The van der Waals surface area contributed by atoms with E-state index in [1.807, 2.05) is 48.5 Å². The normalized spacial score (nSPS) is 13.2. The van der Waals surface area contributed by atoms with Crippen LogP contribution in [0.3, 0.4) is 0 Å². The molecule has 102 valence electrons. The fraction of sp³-hybridized carbons (Fsp3) is 0.188. The molecule has 0 fully saturated rings. The Bertz CT molecular complexity index is 640. The number of aliphatic hydroxyl groups is 1. The zero-order valence-electron chi connectivity index (χ0n) is 11.0. The lowest BCUT2D eigenvalue weighted by atomic mass is 10.1. The molecular weight excluding hydrogens is 252 g/mol. The predicted molar refractivity (Wildman–Crippen MR) is 79.5 cm³/mol. The summed E-state index contributed by atoms with van der Waals surface area (Å²) >= 11 is 0. The van der Waals surface area contributed by atoms with Gasteiger partial charge in [-0.15, -0.1) is 0 Å². The van der Waals surface area contributed by atoms with E-state index in [0.717, 1.165) is 17.1 Å². The number of carbonyl (C=O) groups excluding carboxylic acids is 1. The number of hydrogen-bond donors (Lipinski definition) is 2. The molecule has 1 amide bonds. The predicted octanol–water partition coefficient (Wildman–Crippen LogP) is 2.77. The van der Waals surface area contributed by atoms with Crippen molar-refractivity contribution in [3.8, 4) is 0 Å². The fourth-order valence-corrected chi connectivity index (χ4v) is 2.50. The first kappa shape index (κ1) is 12.7. The van der Waals surface area contributed by atoms with Gasteiger partial charge in [0.1, 0.15) is 0 Å². The largest absolute Gasteiger partial charge is 0.396 e. The van der Waals surface area contributed by atoms with Gasteiger partial charge < -0.3 is 15.3 Å². The first-order valence-corrected chi connectivity index (χ1v) is 6.69. The van der Waals surface area contributed by atoms with Crippen LogP contribution in [0.2, 0.25) is 0 Å². The summed E-state index contributed by atoms with van der Waals surface area (Å²) in [7, 11) is 0. The van der Waals surface area contributed by atoms with Crippen LogP contribution in [0, 0.1) is 0 Å². The Morgan fingerprint density at radius 3 is 2.50 bits per heavy atom. The van der Waals surface area contributed by atoms with Gasteiger partial charge in [0.15, 0.2) is 0 Å². The first-order valence-electron chi connectivity index (χ1n) is 6.69. The van der Waals surface area contributed by atoms with E-state index in [1.54, 1.807) is 0 Å². The summed E-state index contributed by atoms with van der Waals surface area (Å²) in [5, 5.41) is 12.0. The maximum absolute atomic E-state index is 12.3. The summed E-state index contributed by atoms with van der Waals surface area (Å²) < 4.78 is 0. The molecule has 1 aliphatic heterocycles. The highest BCUT2D eigenvalue weighted by molar-refractivity contribution is 6.12. The van der Waals surface area contributed by atoms with Crippen molar-refractivity contribution >= 4 is 23.0 Å². The quantitative estimate of drug-likeness (QED) is 0.900. The van der Waals surface area contributed by atoms with Crippen molar-refractivity contribution in [1.82, 2.24) is 0 Å². The van der Waals surface area contributed by atoms with Gasteiger partial charge in [-0.25, -0.2) is 0 Å². The van der Waals surface area contributed by atoms with Crippen molar-refractivity contribution < 1.29 is 9.90 Å². The summed E-state index contributed by atoms with van der Waals surface area (Å²) in [5.41, 5.74) is 3.29. The lowest BCUT2D eigenvalue weighted by Crippen LogP contribution is -2.20. The first-order chi connectivity index (χ1) is 9.81. The number of amides is 1. The monoisotopic (exact) mass is 268 g/mol. The zero-order chi connectivity index (χ0) is 13.9. The highest BCUT2D eigenvalue weighted by Crippen LogP contribution is 2.37. The van der Waals surface area contributed by atoms with Crippen molar-refractivity contribution in [2.45, 2.75) is 6.42 Å². The smallest absolute Gasteiger partial charge is 0.257 e. The van der Waals surface area contributed by atoms with Gasteiger partial charge in [0.25, 0.3) is 5.91 Å². The molecule has 0 unspecified atom stereocenters. The summed E-state index contributed by atoms with van der Waals surface area (Å²) in [6, 6.07) is 15.3. The number of fused-ring (bicyclic) bond motifs is 2. The van der Waals surface area contributed by atoms with Crippen LogP contribution in [0.15, 0.2) is 48.5 Å². The van der Waals surface area contributed by atoms with E-state index in [-0.39, 0.29) is 12.5 Å². The van der Waals surface area contributed by atoms with Crippen LogP contribution in [0.4, 0.5) is 17.1 Å². The molecule has 0 radical (unpaired) electrons. The summed E-state index contributed by atoms with van der Waals surface area (Å²) in [6.45, 7) is 0.793. The number of anilines is 3. The van der Waals surface area contributed by atoms with Gasteiger partial charge in [-0.05, 0) is 30.7 Å². The molecule has 4 heteroatoms. The third-order valence-electron chi connectivity index (χ3n) is 3.42. The van der Waals surface area contributed by atoms with Crippen molar-refractivity contribution in [3.05, 3.63) is 54.1 Å². The molecule has 0 atom stereocenters. The number of benzene rings is 2. The topological polar surface area (TPSA) is 52.6 Å². The lowest BCUT2D eigenvalue weighted by molar-refractivity contribution is 0.102. The van der Waals surface area contributed by atoms with E-state index in [9.17, 15) is 4.79 Å². The molecule has 1 aliphatic rings. The van der Waals surface area contributed by atoms with Gasteiger partial charge in [0, 0.05) is 13.2 Å². The van der Waals surface area contributed by atoms with Gasteiger partial charge in [0.05, 0.1) is 22.6 Å². The molecule has 2 aromatic carbocycles. The zero-order valence-corrected chi connectivity index (χ0v) is 11.0. The number of nitrogens with zero attached hydrogens (tertiary/aromatic N) is 1. The molecule has 0 spiro atoms. The Hall–Kier alpha value is -2.33. The summed E-state index contributed by atoms with van der Waals surface area (Å²) in [6.07, 6.45) is 0.650. The van der Waals surface area contributed by atoms with Gasteiger partial charge >= 0.3 is 0 Å². The van der Waals surface area contributed by atoms with Gasteiger partial charge in [-0.2, -0.15) is 0 Å². The molecule has 0 saturated carbocycles. The number of para-hydroxylation sites is 3.